The molecule has 28 heavy (non-hydrogen) atoms. The van der Waals surface area contributed by atoms with Crippen LogP contribution in [0.2, 0.25) is 0 Å². The van der Waals surface area contributed by atoms with Gasteiger partial charge >= 0.3 is 6.18 Å². The maximum atomic E-state index is 13.2. The lowest BCUT2D eigenvalue weighted by molar-refractivity contribution is -0.137. The molecule has 0 fully saturated rings. The maximum absolute atomic E-state index is 13.2. The van der Waals surface area contributed by atoms with Crippen LogP contribution in [0.5, 0.6) is 0 Å². The number of hydrogen-bond acceptors (Lipinski definition) is 6. The van der Waals surface area contributed by atoms with Crippen molar-refractivity contribution in [3.8, 4) is 0 Å². The topological polar surface area (TPSA) is 53.1 Å². The molecule has 0 saturated heterocycles. The summed E-state index contributed by atoms with van der Waals surface area (Å²) in [4.78, 5) is 9.29. The second-order valence-corrected chi connectivity index (χ2v) is 8.72. The van der Waals surface area contributed by atoms with Crippen molar-refractivity contribution in [1.29, 1.82) is 0 Å². The van der Waals surface area contributed by atoms with E-state index in [1.54, 1.807) is 36.9 Å². The first-order chi connectivity index (χ1) is 13.0. The monoisotopic (exact) mass is 417 g/mol. The van der Waals surface area contributed by atoms with Crippen LogP contribution in [-0.4, -0.2) is 53.0 Å². The summed E-state index contributed by atoms with van der Waals surface area (Å²) in [6.07, 6.45) is -0.842. The summed E-state index contributed by atoms with van der Waals surface area (Å²) in [5.74, 6) is 0. The number of hydrogen-bond donors (Lipinski definition) is 0. The number of benzene rings is 1. The predicted molar refractivity (Wildman–Crippen MR) is 101 cm³/mol. The molecule has 2 aliphatic heterocycles. The highest BCUT2D eigenvalue weighted by Gasteiger charge is 2.43. The molecule has 1 aromatic carbocycles. The van der Waals surface area contributed by atoms with Gasteiger partial charge in [-0.2, -0.15) is 13.2 Å². The lowest BCUT2D eigenvalue weighted by atomic mass is 10.1. The van der Waals surface area contributed by atoms with E-state index in [2.05, 4.69) is 0 Å². The molecule has 0 bridgehead atoms. The van der Waals surface area contributed by atoms with Crippen LogP contribution in [0.4, 0.5) is 24.5 Å². The number of likely N-dealkylation sites (N-methyl/N-ethyl adjacent to an activating group) is 2. The standard InChI is InChI=1S/C18H22F3N3O3S/c1-5-27-24-14-11-12(18(19,20)21)8-9-13(14)23(3)17(24)16-15(28(4,25)26)7-6-10-22(16)2/h6-9,11,17H,5,10H2,1-4H3. The number of fused-ring (bicyclic) bond motifs is 1. The Morgan fingerprint density at radius 1 is 1.21 bits per heavy atom. The van der Waals surface area contributed by atoms with Crippen molar-refractivity contribution in [1.82, 2.24) is 4.90 Å². The lowest BCUT2D eigenvalue weighted by Gasteiger charge is -2.38. The van der Waals surface area contributed by atoms with Gasteiger partial charge in [0.1, 0.15) is 0 Å². The van der Waals surface area contributed by atoms with Crippen molar-refractivity contribution in [3.05, 3.63) is 46.5 Å². The molecule has 1 aromatic rings. The highest BCUT2D eigenvalue weighted by molar-refractivity contribution is 7.94. The Hall–Kier alpha value is -2.20. The third-order valence-corrected chi connectivity index (χ3v) is 5.88. The Labute approximate surface area is 162 Å². The molecule has 6 nitrogen and oxygen atoms in total. The second kappa shape index (κ2) is 7.00. The highest BCUT2D eigenvalue weighted by Crippen LogP contribution is 2.45. The van der Waals surface area contributed by atoms with Crippen LogP contribution in [0, 0.1) is 0 Å². The quantitative estimate of drug-likeness (QED) is 0.751. The van der Waals surface area contributed by atoms with Crippen LogP contribution >= 0.6 is 0 Å². The minimum absolute atomic E-state index is 0.117. The average molecular weight is 417 g/mol. The van der Waals surface area contributed by atoms with Crippen molar-refractivity contribution in [2.24, 2.45) is 0 Å². The minimum Gasteiger partial charge on any atom is -0.370 e. The van der Waals surface area contributed by atoms with Crippen LogP contribution < -0.4 is 9.96 Å². The van der Waals surface area contributed by atoms with Gasteiger partial charge in [0, 0.05) is 26.9 Å². The molecule has 10 heteroatoms. The number of allylic oxidation sites excluding steroid dienone is 1. The van der Waals surface area contributed by atoms with E-state index in [1.165, 1.54) is 17.2 Å². The van der Waals surface area contributed by atoms with Crippen LogP contribution in [0.1, 0.15) is 12.5 Å². The SMILES string of the molecule is CCON1c2cc(C(F)(F)F)ccc2N(C)C1C1=C(S(C)(=O)=O)C=CCN1C. The number of alkyl halides is 3. The third kappa shape index (κ3) is 3.46. The zero-order valence-electron chi connectivity index (χ0n) is 16.0. The lowest BCUT2D eigenvalue weighted by Crippen LogP contribution is -2.48. The van der Waals surface area contributed by atoms with E-state index >= 15 is 0 Å². The first-order valence-corrected chi connectivity index (χ1v) is 10.5. The molecule has 3 rings (SSSR count). The summed E-state index contributed by atoms with van der Waals surface area (Å²) in [7, 11) is -0.118. The van der Waals surface area contributed by atoms with Crippen molar-refractivity contribution >= 4 is 21.2 Å². The van der Waals surface area contributed by atoms with Crippen molar-refractivity contribution in [3.63, 3.8) is 0 Å². The highest BCUT2D eigenvalue weighted by atomic mass is 32.2. The number of rotatable bonds is 4. The van der Waals surface area contributed by atoms with Gasteiger partial charge in [0.25, 0.3) is 0 Å². The number of hydroxylamine groups is 1. The molecule has 0 amide bonds. The van der Waals surface area contributed by atoms with Gasteiger partial charge in [0.2, 0.25) is 0 Å². The fraction of sp³-hybridized carbons (Fsp3) is 0.444. The van der Waals surface area contributed by atoms with Gasteiger partial charge in [-0.3, -0.25) is 4.84 Å². The number of nitrogens with zero attached hydrogens (tertiary/aromatic N) is 3. The average Bonchev–Trinajstić information content (AvgIpc) is 2.85. The molecule has 0 saturated carbocycles. The maximum Gasteiger partial charge on any atom is 0.416 e. The molecule has 0 N–H and O–H groups in total. The third-order valence-electron chi connectivity index (χ3n) is 4.73. The van der Waals surface area contributed by atoms with Gasteiger partial charge in [0.15, 0.2) is 16.0 Å². The van der Waals surface area contributed by atoms with Crippen molar-refractivity contribution < 1.29 is 26.4 Å². The molecule has 1 atom stereocenters. The molecule has 0 aromatic heterocycles. The number of sulfone groups is 1. The molecule has 154 valence electrons. The minimum atomic E-state index is -4.49. The van der Waals surface area contributed by atoms with Gasteiger partial charge in [0.05, 0.1) is 34.1 Å². The summed E-state index contributed by atoms with van der Waals surface area (Å²) in [5.41, 5.74) is 0.423. The molecule has 2 heterocycles. The second-order valence-electron chi connectivity index (χ2n) is 6.73. The summed E-state index contributed by atoms with van der Waals surface area (Å²) in [6, 6.07) is 3.42. The van der Waals surface area contributed by atoms with Gasteiger partial charge in [-0.05, 0) is 31.2 Å². The predicted octanol–water partition coefficient (Wildman–Crippen LogP) is 3.00. The first-order valence-electron chi connectivity index (χ1n) is 8.65. The zero-order valence-corrected chi connectivity index (χ0v) is 16.8. The van der Waals surface area contributed by atoms with Crippen molar-refractivity contribution in [2.75, 3.05) is 43.5 Å². The Kier molecular flexibility index (Phi) is 5.13. The zero-order chi connectivity index (χ0) is 20.9. The van der Waals surface area contributed by atoms with E-state index < -0.39 is 27.7 Å². The van der Waals surface area contributed by atoms with Gasteiger partial charge < -0.3 is 9.80 Å². The number of anilines is 2. The molecule has 2 aliphatic rings. The first kappa shape index (κ1) is 20.5. The summed E-state index contributed by atoms with van der Waals surface area (Å²) < 4.78 is 64.4. The van der Waals surface area contributed by atoms with Crippen LogP contribution in [0.15, 0.2) is 41.0 Å². The molecule has 0 radical (unpaired) electrons. The normalized spacial score (nSPS) is 20.2. The van der Waals surface area contributed by atoms with E-state index in [4.69, 9.17) is 4.84 Å². The summed E-state index contributed by atoms with van der Waals surface area (Å²) in [6.45, 7) is 2.41. The van der Waals surface area contributed by atoms with Gasteiger partial charge in [-0.15, -0.1) is 0 Å². The van der Waals surface area contributed by atoms with Crippen LogP contribution in [0.25, 0.3) is 0 Å². The molecular formula is C18H22F3N3O3S. The molecule has 0 aliphatic carbocycles. The van der Waals surface area contributed by atoms with Gasteiger partial charge in [-0.1, -0.05) is 6.08 Å². The Morgan fingerprint density at radius 3 is 2.46 bits per heavy atom. The fourth-order valence-electron chi connectivity index (χ4n) is 3.50. The molecular weight excluding hydrogens is 395 g/mol. The van der Waals surface area contributed by atoms with E-state index in [1.807, 2.05) is 0 Å². The Morgan fingerprint density at radius 2 is 1.89 bits per heavy atom. The molecule has 1 unspecified atom stereocenters. The van der Waals surface area contributed by atoms with E-state index in [9.17, 15) is 21.6 Å². The number of halogens is 3. The van der Waals surface area contributed by atoms with Gasteiger partial charge in [-0.25, -0.2) is 13.5 Å². The van der Waals surface area contributed by atoms with Crippen LogP contribution in [-0.2, 0) is 20.9 Å². The largest absolute Gasteiger partial charge is 0.416 e. The Bertz CT molecular complexity index is 941. The summed E-state index contributed by atoms with van der Waals surface area (Å²) in [5, 5.41) is 1.36. The molecule has 0 spiro atoms. The Balaban J connectivity index is 2.20. The van der Waals surface area contributed by atoms with E-state index in [0.29, 0.717) is 17.9 Å². The van der Waals surface area contributed by atoms with Crippen molar-refractivity contribution in [2.45, 2.75) is 19.3 Å². The summed E-state index contributed by atoms with van der Waals surface area (Å²) >= 11 is 0. The van der Waals surface area contributed by atoms with Crippen LogP contribution in [0.3, 0.4) is 0 Å². The smallest absolute Gasteiger partial charge is 0.370 e. The van der Waals surface area contributed by atoms with E-state index in [-0.39, 0.29) is 17.2 Å². The van der Waals surface area contributed by atoms with E-state index in [0.717, 1.165) is 18.4 Å². The fourth-order valence-corrected chi connectivity index (χ4v) is 4.48.